The predicted molar refractivity (Wildman–Crippen MR) is 50.5 cm³/mol. The number of carboxylic acid groups (broad SMARTS) is 1. The Balaban J connectivity index is 3.02. The van der Waals surface area contributed by atoms with Gasteiger partial charge in [0.15, 0.2) is 0 Å². The second-order valence-electron chi connectivity index (χ2n) is 3.03. The van der Waals surface area contributed by atoms with E-state index in [1.807, 2.05) is 0 Å². The number of nitrogens with zero attached hydrogens (tertiary/aromatic N) is 2. The number of anilines is 1. The van der Waals surface area contributed by atoms with Crippen molar-refractivity contribution in [1.82, 2.24) is 9.97 Å². The molecule has 0 amide bonds. The van der Waals surface area contributed by atoms with Gasteiger partial charge in [0.2, 0.25) is 5.95 Å². The van der Waals surface area contributed by atoms with Gasteiger partial charge < -0.3 is 10.0 Å². The van der Waals surface area contributed by atoms with E-state index in [9.17, 15) is 9.59 Å². The number of hydrogen-bond acceptors (Lipinski definition) is 4. The largest absolute Gasteiger partial charge is 0.481 e. The van der Waals surface area contributed by atoms with E-state index in [4.69, 9.17) is 5.11 Å². The molecule has 0 bridgehead atoms. The summed E-state index contributed by atoms with van der Waals surface area (Å²) in [6.45, 7) is 0. The van der Waals surface area contributed by atoms with Crippen LogP contribution in [0.15, 0.2) is 11.0 Å². The second-order valence-corrected chi connectivity index (χ2v) is 3.03. The minimum atomic E-state index is -1.05. The molecular formula is C8H11N3O3. The van der Waals surface area contributed by atoms with Crippen LogP contribution in [0.2, 0.25) is 0 Å². The van der Waals surface area contributed by atoms with E-state index in [0.29, 0.717) is 5.95 Å². The van der Waals surface area contributed by atoms with Gasteiger partial charge in [-0.15, -0.1) is 0 Å². The molecule has 6 heteroatoms. The van der Waals surface area contributed by atoms with Gasteiger partial charge in [-0.3, -0.25) is 14.6 Å². The Hall–Kier alpha value is -1.85. The Morgan fingerprint density at radius 1 is 1.64 bits per heavy atom. The van der Waals surface area contributed by atoms with Crippen LogP contribution in [-0.4, -0.2) is 35.1 Å². The van der Waals surface area contributed by atoms with Gasteiger partial charge in [0.05, 0.1) is 6.42 Å². The average Bonchev–Trinajstić information content (AvgIpc) is 2.07. The van der Waals surface area contributed by atoms with Crippen LogP contribution in [0.4, 0.5) is 5.95 Å². The average molecular weight is 197 g/mol. The highest BCUT2D eigenvalue weighted by molar-refractivity contribution is 5.69. The fourth-order valence-electron chi connectivity index (χ4n) is 0.928. The number of aromatic nitrogens is 2. The first-order chi connectivity index (χ1) is 6.50. The van der Waals surface area contributed by atoms with Gasteiger partial charge in [-0.05, 0) is 0 Å². The van der Waals surface area contributed by atoms with E-state index in [-0.39, 0.29) is 12.0 Å². The molecule has 0 saturated carbocycles. The van der Waals surface area contributed by atoms with Crippen LogP contribution < -0.4 is 10.5 Å². The number of rotatable bonds is 3. The Morgan fingerprint density at radius 2 is 2.29 bits per heavy atom. The number of nitrogens with one attached hydrogen (secondary N) is 1. The first kappa shape index (κ1) is 10.2. The number of aromatic amines is 1. The van der Waals surface area contributed by atoms with E-state index >= 15 is 0 Å². The molecule has 6 nitrogen and oxygen atoms in total. The fourth-order valence-corrected chi connectivity index (χ4v) is 0.928. The molecule has 1 rings (SSSR count). The van der Waals surface area contributed by atoms with Crippen molar-refractivity contribution >= 4 is 11.9 Å². The number of carbonyl (C=O) groups is 1. The molecule has 1 aromatic heterocycles. The summed E-state index contributed by atoms with van der Waals surface area (Å²) in [7, 11) is 3.46. The molecule has 2 N–H and O–H groups in total. The summed E-state index contributed by atoms with van der Waals surface area (Å²) in [4.78, 5) is 29.6. The van der Waals surface area contributed by atoms with Crippen LogP contribution >= 0.6 is 0 Å². The highest BCUT2D eigenvalue weighted by atomic mass is 16.4. The molecule has 0 aliphatic carbocycles. The molecule has 1 aromatic rings. The lowest BCUT2D eigenvalue weighted by atomic mass is 10.2. The minimum Gasteiger partial charge on any atom is -0.481 e. The lowest BCUT2D eigenvalue weighted by Gasteiger charge is -2.09. The van der Waals surface area contributed by atoms with Gasteiger partial charge in [-0.1, -0.05) is 0 Å². The zero-order valence-electron chi connectivity index (χ0n) is 7.94. The molecular weight excluding hydrogens is 186 g/mol. The summed E-state index contributed by atoms with van der Waals surface area (Å²) in [6.07, 6.45) is 0.971. The van der Waals surface area contributed by atoms with Crippen molar-refractivity contribution in [2.45, 2.75) is 6.42 Å². The summed E-state index contributed by atoms with van der Waals surface area (Å²) in [5.41, 5.74) is -0.255. The van der Waals surface area contributed by atoms with Crippen molar-refractivity contribution in [3.8, 4) is 0 Å². The van der Waals surface area contributed by atoms with E-state index in [1.165, 1.54) is 6.20 Å². The van der Waals surface area contributed by atoms with Crippen molar-refractivity contribution in [2.24, 2.45) is 0 Å². The van der Waals surface area contributed by atoms with Crippen LogP contribution in [0.3, 0.4) is 0 Å². The number of H-pyrrole nitrogens is 1. The maximum atomic E-state index is 11.3. The summed E-state index contributed by atoms with van der Waals surface area (Å²) in [5.74, 6) is -0.640. The third-order valence-corrected chi connectivity index (χ3v) is 1.62. The lowest BCUT2D eigenvalue weighted by Crippen LogP contribution is -2.22. The Labute approximate surface area is 80.2 Å². The first-order valence-electron chi connectivity index (χ1n) is 3.98. The van der Waals surface area contributed by atoms with Crippen LogP contribution in [-0.2, 0) is 11.2 Å². The van der Waals surface area contributed by atoms with Gasteiger partial charge in [-0.2, -0.15) is 0 Å². The van der Waals surface area contributed by atoms with Crippen molar-refractivity contribution < 1.29 is 9.90 Å². The van der Waals surface area contributed by atoms with Crippen molar-refractivity contribution in [1.29, 1.82) is 0 Å². The predicted octanol–water partition coefficient (Wildman–Crippen LogP) is -0.537. The molecule has 0 spiro atoms. The van der Waals surface area contributed by atoms with Crippen molar-refractivity contribution in [2.75, 3.05) is 19.0 Å². The summed E-state index contributed by atoms with van der Waals surface area (Å²) < 4.78 is 0. The lowest BCUT2D eigenvalue weighted by molar-refractivity contribution is -0.136. The zero-order chi connectivity index (χ0) is 10.7. The molecule has 1 heterocycles. The Bertz CT molecular complexity index is 397. The van der Waals surface area contributed by atoms with E-state index < -0.39 is 11.5 Å². The molecule has 0 saturated heterocycles. The summed E-state index contributed by atoms with van der Waals surface area (Å²) >= 11 is 0. The van der Waals surface area contributed by atoms with Gasteiger partial charge in [0.1, 0.15) is 0 Å². The van der Waals surface area contributed by atoms with Gasteiger partial charge in [0.25, 0.3) is 5.56 Å². The van der Waals surface area contributed by atoms with E-state index in [0.717, 1.165) is 0 Å². The smallest absolute Gasteiger partial charge is 0.308 e. The second kappa shape index (κ2) is 3.91. The quantitative estimate of drug-likeness (QED) is 0.679. The number of hydrogen-bond donors (Lipinski definition) is 2. The van der Waals surface area contributed by atoms with E-state index in [1.54, 1.807) is 19.0 Å². The van der Waals surface area contributed by atoms with Crippen LogP contribution in [0.1, 0.15) is 5.56 Å². The highest BCUT2D eigenvalue weighted by Gasteiger charge is 2.07. The third kappa shape index (κ3) is 2.32. The highest BCUT2D eigenvalue weighted by Crippen LogP contribution is 1.98. The zero-order valence-corrected chi connectivity index (χ0v) is 7.94. The minimum absolute atomic E-state index is 0.156. The summed E-state index contributed by atoms with van der Waals surface area (Å²) in [6, 6.07) is 0. The van der Waals surface area contributed by atoms with Gasteiger partial charge in [0, 0.05) is 25.9 Å². The van der Waals surface area contributed by atoms with Gasteiger partial charge in [-0.25, -0.2) is 4.98 Å². The SMILES string of the molecule is CN(C)c1ncc(CC(=O)O)c(=O)[nH]1. The third-order valence-electron chi connectivity index (χ3n) is 1.62. The van der Waals surface area contributed by atoms with Crippen molar-refractivity contribution in [3.05, 3.63) is 22.1 Å². The number of carboxylic acids is 1. The Kier molecular flexibility index (Phi) is 2.85. The summed E-state index contributed by atoms with van der Waals surface area (Å²) in [5, 5.41) is 8.48. The molecule has 0 atom stereocenters. The number of aliphatic carboxylic acids is 1. The van der Waals surface area contributed by atoms with Crippen molar-refractivity contribution in [3.63, 3.8) is 0 Å². The molecule has 0 aliphatic rings. The molecule has 0 aromatic carbocycles. The molecule has 14 heavy (non-hydrogen) atoms. The molecule has 0 unspecified atom stereocenters. The first-order valence-corrected chi connectivity index (χ1v) is 3.98. The fraction of sp³-hybridized carbons (Fsp3) is 0.375. The maximum Gasteiger partial charge on any atom is 0.308 e. The molecule has 0 fully saturated rings. The normalized spacial score (nSPS) is 9.86. The Morgan fingerprint density at radius 3 is 2.71 bits per heavy atom. The van der Waals surface area contributed by atoms with Gasteiger partial charge >= 0.3 is 5.97 Å². The monoisotopic (exact) mass is 197 g/mol. The maximum absolute atomic E-state index is 11.3. The molecule has 76 valence electrons. The van der Waals surface area contributed by atoms with Crippen LogP contribution in [0, 0.1) is 0 Å². The topological polar surface area (TPSA) is 86.3 Å². The van der Waals surface area contributed by atoms with Crippen LogP contribution in [0.25, 0.3) is 0 Å². The van der Waals surface area contributed by atoms with Crippen LogP contribution in [0.5, 0.6) is 0 Å². The molecule has 0 aliphatic heterocycles. The van der Waals surface area contributed by atoms with E-state index in [2.05, 4.69) is 9.97 Å². The standard InChI is InChI=1S/C8H11N3O3/c1-11(2)8-9-4-5(3-6(12)13)7(14)10-8/h4H,3H2,1-2H3,(H,12,13)(H,9,10,14). The molecule has 0 radical (unpaired) electrons.